The number of pyridine rings is 1. The fraction of sp³-hybridized carbons (Fsp3) is 0.250. The molecule has 2 aromatic carbocycles. The Bertz CT molecular complexity index is 1290. The van der Waals surface area contributed by atoms with Crippen molar-refractivity contribution in [3.05, 3.63) is 99.9 Å². The van der Waals surface area contributed by atoms with Gasteiger partial charge in [-0.1, -0.05) is 35.9 Å². The topological polar surface area (TPSA) is 70.5 Å². The van der Waals surface area contributed by atoms with Crippen LogP contribution in [0.4, 0.5) is 5.69 Å². The number of anilines is 1. The van der Waals surface area contributed by atoms with Crippen molar-refractivity contribution in [1.29, 1.82) is 0 Å². The monoisotopic (exact) mass is 438 g/mol. The molecule has 1 aliphatic carbocycles. The summed E-state index contributed by atoms with van der Waals surface area (Å²) < 4.78 is 0. The molecule has 1 aliphatic heterocycles. The molecule has 1 atom stereocenters. The van der Waals surface area contributed by atoms with Crippen molar-refractivity contribution in [3.63, 3.8) is 0 Å². The second kappa shape index (κ2) is 8.32. The molecule has 0 radical (unpaired) electrons. The Balaban J connectivity index is 1.70. The number of aliphatic hydroxyl groups is 1. The minimum atomic E-state index is -0.754. The van der Waals surface area contributed by atoms with Crippen LogP contribution in [0.15, 0.2) is 66.5 Å². The molecule has 1 fully saturated rings. The molecule has 33 heavy (non-hydrogen) atoms. The summed E-state index contributed by atoms with van der Waals surface area (Å²) in [6.07, 6.45) is 7.57. The predicted octanol–water partition coefficient (Wildman–Crippen LogP) is 5.20. The number of benzene rings is 2. The molecule has 5 nitrogen and oxygen atoms in total. The van der Waals surface area contributed by atoms with E-state index in [9.17, 15) is 14.7 Å². The molecule has 1 aromatic heterocycles. The Morgan fingerprint density at radius 3 is 2.52 bits per heavy atom. The van der Waals surface area contributed by atoms with Gasteiger partial charge in [-0.25, -0.2) is 0 Å². The first kappa shape index (κ1) is 21.1. The molecule has 2 heterocycles. The molecule has 0 saturated carbocycles. The van der Waals surface area contributed by atoms with Gasteiger partial charge in [0, 0.05) is 23.6 Å². The lowest BCUT2D eigenvalue weighted by Crippen LogP contribution is -2.30. The van der Waals surface area contributed by atoms with Gasteiger partial charge in [-0.05, 0) is 80.0 Å². The van der Waals surface area contributed by atoms with Crippen LogP contribution in [0, 0.1) is 13.8 Å². The fourth-order valence-corrected chi connectivity index (χ4v) is 5.05. The lowest BCUT2D eigenvalue weighted by Gasteiger charge is -2.27. The average molecular weight is 439 g/mol. The van der Waals surface area contributed by atoms with Gasteiger partial charge in [-0.3, -0.25) is 19.5 Å². The van der Waals surface area contributed by atoms with Crippen LogP contribution in [0.3, 0.4) is 0 Å². The molecule has 0 spiro atoms. The third-order valence-corrected chi connectivity index (χ3v) is 6.68. The first-order chi connectivity index (χ1) is 16.0. The lowest BCUT2D eigenvalue weighted by atomic mass is 9.89. The molecule has 0 bridgehead atoms. The number of aromatic nitrogens is 1. The highest BCUT2D eigenvalue weighted by atomic mass is 16.3. The van der Waals surface area contributed by atoms with E-state index in [1.54, 1.807) is 18.5 Å². The first-order valence-corrected chi connectivity index (χ1v) is 11.4. The summed E-state index contributed by atoms with van der Waals surface area (Å²) in [5.41, 5.74) is 6.45. The summed E-state index contributed by atoms with van der Waals surface area (Å²) in [5.74, 6) is -1.46. The normalized spacial score (nSPS) is 19.6. The fourth-order valence-electron chi connectivity index (χ4n) is 5.05. The maximum absolute atomic E-state index is 13.3. The minimum Gasteiger partial charge on any atom is -0.507 e. The van der Waals surface area contributed by atoms with E-state index >= 15 is 0 Å². The largest absolute Gasteiger partial charge is 0.507 e. The second-order valence-corrected chi connectivity index (χ2v) is 8.94. The van der Waals surface area contributed by atoms with Crippen LogP contribution in [0.5, 0.6) is 0 Å². The third kappa shape index (κ3) is 3.63. The van der Waals surface area contributed by atoms with Crippen LogP contribution in [0.2, 0.25) is 0 Å². The third-order valence-electron chi connectivity index (χ3n) is 6.68. The molecular formula is C28H26N2O3. The van der Waals surface area contributed by atoms with Gasteiger partial charge >= 0.3 is 0 Å². The summed E-state index contributed by atoms with van der Waals surface area (Å²) in [6.45, 7) is 3.91. The standard InChI is InChI=1S/C28H26N2O3/c1-17-9-12-23(18(2)14-17)30-25(22-8-5-13-29-16-22)24(27(32)28(30)33)26(31)21-11-10-19-6-3-4-7-20(19)15-21/h5,8-16,25,31H,3-4,6-7H2,1-2H3/b26-24-. The molecule has 3 aromatic rings. The Labute approximate surface area is 193 Å². The first-order valence-electron chi connectivity index (χ1n) is 11.4. The van der Waals surface area contributed by atoms with Gasteiger partial charge in [0.1, 0.15) is 5.76 Å². The number of carbonyl (C=O) groups excluding carboxylic acids is 2. The van der Waals surface area contributed by atoms with Crippen LogP contribution in [0.25, 0.3) is 5.76 Å². The highest BCUT2D eigenvalue weighted by molar-refractivity contribution is 6.51. The van der Waals surface area contributed by atoms with Gasteiger partial charge in [0.25, 0.3) is 11.7 Å². The smallest absolute Gasteiger partial charge is 0.300 e. The van der Waals surface area contributed by atoms with E-state index in [0.29, 0.717) is 16.8 Å². The number of Topliss-reactive ketones (excluding diaryl/α,β-unsaturated/α-hetero) is 1. The van der Waals surface area contributed by atoms with Crippen LogP contribution in [-0.4, -0.2) is 21.8 Å². The number of aryl methyl sites for hydroxylation is 4. The molecule has 1 unspecified atom stereocenters. The quantitative estimate of drug-likeness (QED) is 0.346. The van der Waals surface area contributed by atoms with E-state index < -0.39 is 17.7 Å². The van der Waals surface area contributed by atoms with Crippen LogP contribution < -0.4 is 4.90 Å². The lowest BCUT2D eigenvalue weighted by molar-refractivity contribution is -0.132. The Kier molecular flexibility index (Phi) is 5.33. The van der Waals surface area contributed by atoms with E-state index in [2.05, 4.69) is 4.98 Å². The zero-order valence-corrected chi connectivity index (χ0v) is 18.8. The Morgan fingerprint density at radius 2 is 1.79 bits per heavy atom. The van der Waals surface area contributed by atoms with E-state index in [0.717, 1.165) is 30.4 Å². The Morgan fingerprint density at radius 1 is 1.00 bits per heavy atom. The maximum atomic E-state index is 13.3. The number of hydrogen-bond donors (Lipinski definition) is 1. The number of aliphatic hydroxyl groups excluding tert-OH is 1. The number of fused-ring (bicyclic) bond motifs is 1. The van der Waals surface area contributed by atoms with E-state index in [-0.39, 0.29) is 11.3 Å². The highest BCUT2D eigenvalue weighted by Gasteiger charge is 2.47. The van der Waals surface area contributed by atoms with E-state index in [1.807, 2.05) is 56.3 Å². The summed E-state index contributed by atoms with van der Waals surface area (Å²) in [4.78, 5) is 32.4. The number of rotatable bonds is 3. The van der Waals surface area contributed by atoms with Crippen molar-refractivity contribution in [2.24, 2.45) is 0 Å². The molecule has 2 aliphatic rings. The van der Waals surface area contributed by atoms with Gasteiger partial charge < -0.3 is 5.11 Å². The Hall–Kier alpha value is -3.73. The number of nitrogens with zero attached hydrogens (tertiary/aromatic N) is 2. The van der Waals surface area contributed by atoms with Gasteiger partial charge in [0.15, 0.2) is 0 Å². The molecule has 1 saturated heterocycles. The molecule has 5 heteroatoms. The van der Waals surface area contributed by atoms with Gasteiger partial charge in [-0.2, -0.15) is 0 Å². The van der Waals surface area contributed by atoms with Crippen molar-refractivity contribution in [2.45, 2.75) is 45.6 Å². The predicted molar refractivity (Wildman–Crippen MR) is 128 cm³/mol. The van der Waals surface area contributed by atoms with Crippen molar-refractivity contribution >= 4 is 23.1 Å². The summed E-state index contributed by atoms with van der Waals surface area (Å²) in [7, 11) is 0. The average Bonchev–Trinajstić information content (AvgIpc) is 3.09. The maximum Gasteiger partial charge on any atom is 0.300 e. The van der Waals surface area contributed by atoms with Crippen molar-refractivity contribution in [2.75, 3.05) is 4.90 Å². The molecule has 166 valence electrons. The minimum absolute atomic E-state index is 0.101. The number of amides is 1. The number of ketones is 1. The summed E-state index contributed by atoms with van der Waals surface area (Å²) >= 11 is 0. The second-order valence-electron chi connectivity index (χ2n) is 8.94. The SMILES string of the molecule is Cc1ccc(N2C(=O)C(=O)/C(=C(\O)c3ccc4c(c3)CCCC4)C2c2cccnc2)c(C)c1. The molecular weight excluding hydrogens is 412 g/mol. The molecule has 5 rings (SSSR count). The molecule has 1 N–H and O–H groups in total. The van der Waals surface area contributed by atoms with E-state index in [4.69, 9.17) is 0 Å². The zero-order valence-electron chi connectivity index (χ0n) is 18.8. The number of hydrogen-bond acceptors (Lipinski definition) is 4. The van der Waals surface area contributed by atoms with Crippen LogP contribution >= 0.6 is 0 Å². The van der Waals surface area contributed by atoms with Crippen molar-refractivity contribution in [1.82, 2.24) is 4.98 Å². The highest BCUT2D eigenvalue weighted by Crippen LogP contribution is 2.43. The van der Waals surface area contributed by atoms with Gasteiger partial charge in [0.05, 0.1) is 11.6 Å². The summed E-state index contributed by atoms with van der Waals surface area (Å²) in [5, 5.41) is 11.4. The van der Waals surface area contributed by atoms with Crippen molar-refractivity contribution < 1.29 is 14.7 Å². The van der Waals surface area contributed by atoms with Crippen LogP contribution in [-0.2, 0) is 22.4 Å². The summed E-state index contributed by atoms with van der Waals surface area (Å²) in [6, 6.07) is 14.5. The van der Waals surface area contributed by atoms with E-state index in [1.165, 1.54) is 22.4 Å². The molecule has 1 amide bonds. The zero-order chi connectivity index (χ0) is 23.1. The van der Waals surface area contributed by atoms with Crippen LogP contribution in [0.1, 0.15) is 52.3 Å². The van der Waals surface area contributed by atoms with Crippen molar-refractivity contribution in [3.8, 4) is 0 Å². The van der Waals surface area contributed by atoms with Gasteiger partial charge in [0.2, 0.25) is 0 Å². The number of carbonyl (C=O) groups is 2. The van der Waals surface area contributed by atoms with Gasteiger partial charge in [-0.15, -0.1) is 0 Å².